The summed E-state index contributed by atoms with van der Waals surface area (Å²) in [6.45, 7) is 5.17. The SMILES string of the molecule is CC(C)(C)OC(=O)/C=C/[C@@H](N)CO. The molecule has 0 spiro atoms. The Hall–Kier alpha value is -0.870. The second kappa shape index (κ2) is 4.99. The van der Waals surface area contributed by atoms with E-state index in [2.05, 4.69) is 0 Å². The molecular weight excluding hydrogens is 170 g/mol. The van der Waals surface area contributed by atoms with Crippen LogP contribution in [-0.2, 0) is 9.53 Å². The van der Waals surface area contributed by atoms with E-state index in [1.54, 1.807) is 20.8 Å². The molecule has 0 aliphatic heterocycles. The Labute approximate surface area is 78.4 Å². The summed E-state index contributed by atoms with van der Waals surface area (Å²) in [4.78, 5) is 11.0. The van der Waals surface area contributed by atoms with Crippen molar-refractivity contribution < 1.29 is 14.6 Å². The average molecular weight is 187 g/mol. The molecule has 0 amide bonds. The number of carbonyl (C=O) groups excluding carboxylic acids is 1. The number of rotatable bonds is 3. The van der Waals surface area contributed by atoms with Crippen molar-refractivity contribution in [3.63, 3.8) is 0 Å². The van der Waals surface area contributed by atoms with Crippen LogP contribution in [0.3, 0.4) is 0 Å². The van der Waals surface area contributed by atoms with E-state index >= 15 is 0 Å². The van der Waals surface area contributed by atoms with E-state index < -0.39 is 17.6 Å². The van der Waals surface area contributed by atoms with Crippen LogP contribution in [0.15, 0.2) is 12.2 Å². The van der Waals surface area contributed by atoms with E-state index in [0.717, 1.165) is 0 Å². The van der Waals surface area contributed by atoms with Gasteiger partial charge in [-0.3, -0.25) is 0 Å². The minimum absolute atomic E-state index is 0.181. The Balaban J connectivity index is 3.95. The van der Waals surface area contributed by atoms with E-state index in [-0.39, 0.29) is 6.61 Å². The van der Waals surface area contributed by atoms with Gasteiger partial charge in [0.15, 0.2) is 0 Å². The summed E-state index contributed by atoms with van der Waals surface area (Å²) in [6.07, 6.45) is 2.64. The van der Waals surface area contributed by atoms with Crippen LogP contribution in [0.25, 0.3) is 0 Å². The zero-order chi connectivity index (χ0) is 10.5. The minimum atomic E-state index is -0.507. The Morgan fingerprint density at radius 1 is 1.62 bits per heavy atom. The van der Waals surface area contributed by atoms with Crippen LogP contribution < -0.4 is 5.73 Å². The highest BCUT2D eigenvalue weighted by molar-refractivity contribution is 5.82. The first-order chi connectivity index (χ1) is 5.85. The van der Waals surface area contributed by atoms with Gasteiger partial charge in [-0.25, -0.2) is 4.79 Å². The van der Waals surface area contributed by atoms with Gasteiger partial charge in [0.25, 0.3) is 0 Å². The lowest BCUT2D eigenvalue weighted by Gasteiger charge is -2.18. The normalized spacial score (nSPS) is 14.5. The molecule has 3 N–H and O–H groups in total. The first-order valence-electron chi connectivity index (χ1n) is 4.13. The molecule has 0 radical (unpaired) electrons. The summed E-state index contributed by atoms with van der Waals surface area (Å²) in [5.41, 5.74) is 4.85. The summed E-state index contributed by atoms with van der Waals surface area (Å²) in [7, 11) is 0. The van der Waals surface area contributed by atoms with E-state index in [4.69, 9.17) is 15.6 Å². The number of aliphatic hydroxyl groups is 1. The Kier molecular flexibility index (Phi) is 4.66. The molecule has 0 heterocycles. The Morgan fingerprint density at radius 3 is 2.54 bits per heavy atom. The van der Waals surface area contributed by atoms with Crippen molar-refractivity contribution in [1.82, 2.24) is 0 Å². The molecule has 0 aromatic heterocycles. The van der Waals surface area contributed by atoms with Crippen LogP contribution in [-0.4, -0.2) is 29.3 Å². The van der Waals surface area contributed by atoms with Gasteiger partial charge >= 0.3 is 5.97 Å². The maximum Gasteiger partial charge on any atom is 0.330 e. The fourth-order valence-corrected chi connectivity index (χ4v) is 0.599. The third-order valence-electron chi connectivity index (χ3n) is 1.10. The van der Waals surface area contributed by atoms with Crippen molar-refractivity contribution in [2.75, 3.05) is 6.61 Å². The van der Waals surface area contributed by atoms with Crippen molar-refractivity contribution in [2.24, 2.45) is 5.73 Å². The highest BCUT2D eigenvalue weighted by Gasteiger charge is 2.13. The van der Waals surface area contributed by atoms with E-state index in [1.807, 2.05) is 0 Å². The summed E-state index contributed by atoms with van der Waals surface area (Å²) >= 11 is 0. The molecule has 1 atom stereocenters. The zero-order valence-electron chi connectivity index (χ0n) is 8.28. The maximum absolute atomic E-state index is 11.0. The van der Waals surface area contributed by atoms with Gasteiger partial charge in [-0.05, 0) is 20.8 Å². The first-order valence-corrected chi connectivity index (χ1v) is 4.13. The lowest BCUT2D eigenvalue weighted by Crippen LogP contribution is -2.24. The quantitative estimate of drug-likeness (QED) is 0.489. The van der Waals surface area contributed by atoms with Gasteiger partial charge in [0.1, 0.15) is 5.60 Å². The van der Waals surface area contributed by atoms with Crippen molar-refractivity contribution >= 4 is 5.97 Å². The Morgan fingerprint density at radius 2 is 2.15 bits per heavy atom. The lowest BCUT2D eigenvalue weighted by molar-refractivity contribution is -0.148. The highest BCUT2D eigenvalue weighted by atomic mass is 16.6. The highest BCUT2D eigenvalue weighted by Crippen LogP contribution is 2.06. The molecule has 0 aromatic carbocycles. The molecule has 0 saturated carbocycles. The number of aliphatic hydroxyl groups excluding tert-OH is 1. The van der Waals surface area contributed by atoms with E-state index in [9.17, 15) is 4.79 Å². The van der Waals surface area contributed by atoms with Crippen LogP contribution in [0.1, 0.15) is 20.8 Å². The molecule has 0 bridgehead atoms. The van der Waals surface area contributed by atoms with Gasteiger partial charge in [0.05, 0.1) is 6.61 Å². The third-order valence-corrected chi connectivity index (χ3v) is 1.10. The maximum atomic E-state index is 11.0. The molecule has 0 unspecified atom stereocenters. The molecular formula is C9H17NO3. The largest absolute Gasteiger partial charge is 0.457 e. The minimum Gasteiger partial charge on any atom is -0.457 e. The molecule has 0 aliphatic rings. The standard InChI is InChI=1S/C9H17NO3/c1-9(2,3)13-8(12)5-4-7(10)6-11/h4-5,7,11H,6,10H2,1-3H3/b5-4+/t7-/m1/s1. The monoisotopic (exact) mass is 187 g/mol. The van der Waals surface area contributed by atoms with Crippen molar-refractivity contribution in [1.29, 1.82) is 0 Å². The summed E-state index contributed by atoms with van der Waals surface area (Å²) < 4.78 is 4.97. The number of nitrogens with two attached hydrogens (primary N) is 1. The van der Waals surface area contributed by atoms with Crippen LogP contribution in [0, 0.1) is 0 Å². The van der Waals surface area contributed by atoms with Crippen molar-refractivity contribution in [3.05, 3.63) is 12.2 Å². The number of carbonyl (C=O) groups is 1. The van der Waals surface area contributed by atoms with E-state index in [1.165, 1.54) is 12.2 Å². The van der Waals surface area contributed by atoms with Crippen molar-refractivity contribution in [3.8, 4) is 0 Å². The number of ether oxygens (including phenoxy) is 1. The summed E-state index contributed by atoms with van der Waals surface area (Å²) in [6, 6.07) is -0.507. The lowest BCUT2D eigenvalue weighted by atomic mass is 10.2. The van der Waals surface area contributed by atoms with Gasteiger partial charge in [0.2, 0.25) is 0 Å². The van der Waals surface area contributed by atoms with Gasteiger partial charge in [-0.1, -0.05) is 6.08 Å². The average Bonchev–Trinajstić information content (AvgIpc) is 1.97. The predicted octanol–water partition coefficient (Wildman–Crippen LogP) is 0.204. The molecule has 0 fully saturated rings. The second-order valence-electron chi connectivity index (χ2n) is 3.74. The molecule has 0 aromatic rings. The number of esters is 1. The zero-order valence-corrected chi connectivity index (χ0v) is 8.28. The number of hydrogen-bond acceptors (Lipinski definition) is 4. The molecule has 0 rings (SSSR count). The van der Waals surface area contributed by atoms with Crippen LogP contribution >= 0.6 is 0 Å². The number of hydrogen-bond donors (Lipinski definition) is 2. The molecule has 13 heavy (non-hydrogen) atoms. The first kappa shape index (κ1) is 12.1. The van der Waals surface area contributed by atoms with Crippen LogP contribution in [0.2, 0.25) is 0 Å². The molecule has 0 aliphatic carbocycles. The Bertz CT molecular complexity index is 194. The predicted molar refractivity (Wildman–Crippen MR) is 50.0 cm³/mol. The van der Waals surface area contributed by atoms with Gasteiger partial charge in [-0.15, -0.1) is 0 Å². The second-order valence-corrected chi connectivity index (χ2v) is 3.74. The van der Waals surface area contributed by atoms with E-state index in [0.29, 0.717) is 0 Å². The van der Waals surface area contributed by atoms with Crippen LogP contribution in [0.4, 0.5) is 0 Å². The molecule has 4 nitrogen and oxygen atoms in total. The topological polar surface area (TPSA) is 72.5 Å². The molecule has 4 heteroatoms. The van der Waals surface area contributed by atoms with Gasteiger partial charge in [-0.2, -0.15) is 0 Å². The van der Waals surface area contributed by atoms with Gasteiger partial charge < -0.3 is 15.6 Å². The smallest absolute Gasteiger partial charge is 0.330 e. The fourth-order valence-electron chi connectivity index (χ4n) is 0.599. The fraction of sp³-hybridized carbons (Fsp3) is 0.667. The summed E-state index contributed by atoms with van der Waals surface area (Å²) in [5.74, 6) is -0.448. The van der Waals surface area contributed by atoms with Crippen LogP contribution in [0.5, 0.6) is 0 Å². The van der Waals surface area contributed by atoms with Gasteiger partial charge in [0, 0.05) is 12.1 Å². The molecule has 0 saturated heterocycles. The third kappa shape index (κ3) is 7.49. The summed E-state index contributed by atoms with van der Waals surface area (Å²) in [5, 5.41) is 8.55. The molecule has 76 valence electrons. The van der Waals surface area contributed by atoms with Crippen molar-refractivity contribution in [2.45, 2.75) is 32.4 Å².